The molecule has 0 saturated carbocycles. The van der Waals surface area contributed by atoms with Crippen LogP contribution in [0.15, 0.2) is 6.20 Å². The number of thiazole rings is 1. The molecule has 1 aromatic heterocycles. The van der Waals surface area contributed by atoms with E-state index in [1.165, 1.54) is 4.88 Å². The normalized spacial score (nSPS) is 12.5. The van der Waals surface area contributed by atoms with E-state index < -0.39 is 0 Å². The second-order valence-corrected chi connectivity index (χ2v) is 4.94. The molecule has 5 heteroatoms. The number of hydrogen-bond donors (Lipinski definition) is 2. The van der Waals surface area contributed by atoms with E-state index in [1.54, 1.807) is 18.3 Å². The van der Waals surface area contributed by atoms with Gasteiger partial charge in [-0.25, -0.2) is 4.98 Å². The molecule has 14 heavy (non-hydrogen) atoms. The minimum absolute atomic E-state index is 0.0541. The molecule has 0 fully saturated rings. The first kappa shape index (κ1) is 11.5. The van der Waals surface area contributed by atoms with Crippen LogP contribution in [0.25, 0.3) is 0 Å². The summed E-state index contributed by atoms with van der Waals surface area (Å²) in [6.45, 7) is 4.35. The summed E-state index contributed by atoms with van der Waals surface area (Å²) in [4.78, 5) is 16.6. The van der Waals surface area contributed by atoms with Gasteiger partial charge in [0.15, 0.2) is 0 Å². The molecule has 78 valence electrons. The topological polar surface area (TPSA) is 42.0 Å². The Kier molecular flexibility index (Phi) is 4.41. The zero-order chi connectivity index (χ0) is 10.6. The van der Waals surface area contributed by atoms with Crippen molar-refractivity contribution in [1.82, 2.24) is 10.3 Å². The maximum atomic E-state index is 11.2. The molecule has 1 heterocycles. The number of nitrogens with zero attached hydrogens (tertiary/aromatic N) is 1. The van der Waals surface area contributed by atoms with Gasteiger partial charge in [-0.15, -0.1) is 11.3 Å². The Labute approximate surface area is 93.3 Å². The quantitative estimate of drug-likeness (QED) is 0.772. The van der Waals surface area contributed by atoms with Crippen LogP contribution in [0.4, 0.5) is 0 Å². The third kappa shape index (κ3) is 3.31. The highest BCUT2D eigenvalue weighted by Gasteiger charge is 2.07. The SMILES string of the molecule is CCc1cnc(CNC(=O)C(C)S)s1. The van der Waals surface area contributed by atoms with E-state index in [4.69, 9.17) is 0 Å². The Morgan fingerprint density at radius 3 is 3.00 bits per heavy atom. The molecule has 1 rings (SSSR count). The molecule has 0 spiro atoms. The van der Waals surface area contributed by atoms with Crippen molar-refractivity contribution in [2.45, 2.75) is 32.1 Å². The van der Waals surface area contributed by atoms with Crippen LogP contribution in [-0.2, 0) is 17.8 Å². The standard InChI is InChI=1S/C9H14N2OS2/c1-3-7-4-10-8(14-7)5-11-9(12)6(2)13/h4,6,13H,3,5H2,1-2H3,(H,11,12). The lowest BCUT2D eigenvalue weighted by molar-refractivity contribution is -0.120. The van der Waals surface area contributed by atoms with Crippen LogP contribution in [0.1, 0.15) is 23.7 Å². The minimum Gasteiger partial charge on any atom is -0.349 e. The van der Waals surface area contributed by atoms with E-state index in [0.717, 1.165) is 11.4 Å². The summed E-state index contributed by atoms with van der Waals surface area (Å²) in [6.07, 6.45) is 2.85. The summed E-state index contributed by atoms with van der Waals surface area (Å²) in [7, 11) is 0. The average molecular weight is 230 g/mol. The first-order chi connectivity index (χ1) is 6.63. The fourth-order valence-corrected chi connectivity index (χ4v) is 1.80. The molecule has 1 aromatic rings. The molecule has 0 radical (unpaired) electrons. The summed E-state index contributed by atoms with van der Waals surface area (Å²) in [5.41, 5.74) is 0. The van der Waals surface area contributed by atoms with Gasteiger partial charge in [0.25, 0.3) is 0 Å². The lowest BCUT2D eigenvalue weighted by Crippen LogP contribution is -2.28. The van der Waals surface area contributed by atoms with Crippen LogP contribution >= 0.6 is 24.0 Å². The lowest BCUT2D eigenvalue weighted by atomic mass is 10.4. The summed E-state index contributed by atoms with van der Waals surface area (Å²) in [6, 6.07) is 0. The number of carbonyl (C=O) groups excluding carboxylic acids is 1. The molecular weight excluding hydrogens is 216 g/mol. The Morgan fingerprint density at radius 2 is 2.50 bits per heavy atom. The zero-order valence-corrected chi connectivity index (χ0v) is 9.99. The third-order valence-corrected chi connectivity index (χ3v) is 3.12. The molecule has 0 aliphatic rings. The molecule has 0 aromatic carbocycles. The number of thiol groups is 1. The predicted molar refractivity (Wildman–Crippen MR) is 61.8 cm³/mol. The highest BCUT2D eigenvalue weighted by Crippen LogP contribution is 2.12. The fourth-order valence-electron chi connectivity index (χ4n) is 0.904. The van der Waals surface area contributed by atoms with Crippen molar-refractivity contribution in [2.24, 2.45) is 0 Å². The van der Waals surface area contributed by atoms with Crippen molar-refractivity contribution in [3.05, 3.63) is 16.1 Å². The number of nitrogens with one attached hydrogen (secondary N) is 1. The molecule has 1 amide bonds. The van der Waals surface area contributed by atoms with E-state index in [0.29, 0.717) is 6.54 Å². The first-order valence-electron chi connectivity index (χ1n) is 4.52. The van der Waals surface area contributed by atoms with E-state index in [9.17, 15) is 4.79 Å². The van der Waals surface area contributed by atoms with Crippen molar-refractivity contribution in [3.8, 4) is 0 Å². The van der Waals surface area contributed by atoms with Crippen LogP contribution in [0.3, 0.4) is 0 Å². The molecule has 0 bridgehead atoms. The van der Waals surface area contributed by atoms with Gasteiger partial charge < -0.3 is 5.32 Å². The van der Waals surface area contributed by atoms with Crippen molar-refractivity contribution < 1.29 is 4.79 Å². The van der Waals surface area contributed by atoms with Gasteiger partial charge in [-0.1, -0.05) is 6.92 Å². The highest BCUT2D eigenvalue weighted by molar-refractivity contribution is 7.81. The monoisotopic (exact) mass is 230 g/mol. The van der Waals surface area contributed by atoms with Crippen LogP contribution < -0.4 is 5.32 Å². The van der Waals surface area contributed by atoms with Gasteiger partial charge in [-0.3, -0.25) is 4.79 Å². The smallest absolute Gasteiger partial charge is 0.232 e. The van der Waals surface area contributed by atoms with E-state index in [1.807, 2.05) is 6.20 Å². The summed E-state index contributed by atoms with van der Waals surface area (Å²) >= 11 is 5.67. The molecule has 0 saturated heterocycles. The number of hydrogen-bond acceptors (Lipinski definition) is 4. The van der Waals surface area contributed by atoms with Crippen molar-refractivity contribution in [1.29, 1.82) is 0 Å². The van der Waals surface area contributed by atoms with Gasteiger partial charge in [0.2, 0.25) is 5.91 Å². The predicted octanol–water partition coefficient (Wildman–Crippen LogP) is 1.64. The van der Waals surface area contributed by atoms with Crippen LogP contribution in [0.2, 0.25) is 0 Å². The number of amides is 1. The van der Waals surface area contributed by atoms with Gasteiger partial charge in [0, 0.05) is 11.1 Å². The number of rotatable bonds is 4. The van der Waals surface area contributed by atoms with E-state index in [-0.39, 0.29) is 11.2 Å². The Hall–Kier alpha value is -0.550. The first-order valence-corrected chi connectivity index (χ1v) is 5.86. The number of carbonyl (C=O) groups is 1. The van der Waals surface area contributed by atoms with E-state index in [2.05, 4.69) is 29.9 Å². The molecule has 1 atom stereocenters. The molecular formula is C9H14N2OS2. The lowest BCUT2D eigenvalue weighted by Gasteiger charge is -2.04. The van der Waals surface area contributed by atoms with Gasteiger partial charge in [0.05, 0.1) is 11.8 Å². The molecule has 3 nitrogen and oxygen atoms in total. The van der Waals surface area contributed by atoms with Crippen LogP contribution in [0.5, 0.6) is 0 Å². The van der Waals surface area contributed by atoms with E-state index >= 15 is 0 Å². The summed E-state index contributed by atoms with van der Waals surface area (Å²) in [5, 5.41) is 3.45. The number of aryl methyl sites for hydroxylation is 1. The van der Waals surface area contributed by atoms with Crippen molar-refractivity contribution in [3.63, 3.8) is 0 Å². The highest BCUT2D eigenvalue weighted by atomic mass is 32.1. The second-order valence-electron chi connectivity index (χ2n) is 2.97. The van der Waals surface area contributed by atoms with Crippen molar-refractivity contribution >= 4 is 29.9 Å². The maximum absolute atomic E-state index is 11.2. The average Bonchev–Trinajstić information content (AvgIpc) is 2.61. The molecule has 0 aliphatic carbocycles. The van der Waals surface area contributed by atoms with Crippen LogP contribution in [0, 0.1) is 0 Å². The minimum atomic E-state index is -0.263. The zero-order valence-electron chi connectivity index (χ0n) is 8.28. The Bertz CT molecular complexity index is 310. The van der Waals surface area contributed by atoms with Crippen LogP contribution in [-0.4, -0.2) is 16.1 Å². The Balaban J connectivity index is 2.41. The largest absolute Gasteiger partial charge is 0.349 e. The maximum Gasteiger partial charge on any atom is 0.232 e. The van der Waals surface area contributed by atoms with Gasteiger partial charge in [0.1, 0.15) is 5.01 Å². The Morgan fingerprint density at radius 1 is 1.79 bits per heavy atom. The van der Waals surface area contributed by atoms with Gasteiger partial charge >= 0.3 is 0 Å². The molecule has 0 aliphatic heterocycles. The molecule has 1 unspecified atom stereocenters. The molecule has 1 N–H and O–H groups in total. The fraction of sp³-hybridized carbons (Fsp3) is 0.556. The number of aromatic nitrogens is 1. The second kappa shape index (κ2) is 5.36. The summed E-state index contributed by atoms with van der Waals surface area (Å²) in [5.74, 6) is -0.0541. The summed E-state index contributed by atoms with van der Waals surface area (Å²) < 4.78 is 0. The van der Waals surface area contributed by atoms with Gasteiger partial charge in [-0.2, -0.15) is 12.6 Å². The third-order valence-electron chi connectivity index (χ3n) is 1.74. The van der Waals surface area contributed by atoms with Crippen molar-refractivity contribution in [2.75, 3.05) is 0 Å². The van der Waals surface area contributed by atoms with Gasteiger partial charge in [-0.05, 0) is 13.3 Å².